The Bertz CT molecular complexity index is 302. The molecule has 5 nitrogen and oxygen atoms in total. The maximum absolute atomic E-state index is 10.7. The summed E-state index contributed by atoms with van der Waals surface area (Å²) in [5, 5.41) is 8.81. The second-order valence-electron chi connectivity index (χ2n) is 4.18. The number of nitriles is 1. The molecule has 0 saturated heterocycles. The van der Waals surface area contributed by atoms with E-state index in [9.17, 15) is 9.36 Å². The Morgan fingerprint density at radius 1 is 1.53 bits per heavy atom. The molecule has 0 aromatic rings. The Hall–Kier alpha value is -0.850. The number of esters is 1. The summed E-state index contributed by atoms with van der Waals surface area (Å²) in [7, 11) is -1.27. The summed E-state index contributed by atoms with van der Waals surface area (Å²) in [6.07, 6.45) is 1.85. The smallest absolute Gasteiger partial charge is 0.303 e. The number of nitrogens with zero attached hydrogens (tertiary/aromatic N) is 1. The first-order chi connectivity index (χ1) is 7.97. The van der Waals surface area contributed by atoms with Crippen LogP contribution in [0.1, 0.15) is 46.5 Å². The highest BCUT2D eigenvalue weighted by Gasteiger charge is 2.26. The van der Waals surface area contributed by atoms with E-state index in [1.54, 1.807) is 0 Å². The fourth-order valence-electron chi connectivity index (χ4n) is 1.67. The van der Waals surface area contributed by atoms with Crippen molar-refractivity contribution in [3.8, 4) is 6.07 Å². The Morgan fingerprint density at radius 2 is 2.18 bits per heavy atom. The van der Waals surface area contributed by atoms with Crippen LogP contribution >= 0.6 is 8.69 Å². The van der Waals surface area contributed by atoms with Crippen molar-refractivity contribution in [1.82, 2.24) is 0 Å². The van der Waals surface area contributed by atoms with Gasteiger partial charge in [-0.3, -0.25) is 9.36 Å². The topological polar surface area (TPSA) is 76.4 Å². The Morgan fingerprint density at radius 3 is 2.59 bits per heavy atom. The van der Waals surface area contributed by atoms with Gasteiger partial charge >= 0.3 is 5.97 Å². The van der Waals surface area contributed by atoms with Crippen LogP contribution in [0.2, 0.25) is 0 Å². The van der Waals surface area contributed by atoms with E-state index in [-0.39, 0.29) is 0 Å². The summed E-state index contributed by atoms with van der Waals surface area (Å²) in [6.45, 7) is 5.15. The highest BCUT2D eigenvalue weighted by atomic mass is 31.1. The molecule has 6 heteroatoms. The zero-order chi connectivity index (χ0) is 13.3. The van der Waals surface area contributed by atoms with Crippen molar-refractivity contribution in [2.75, 3.05) is 0 Å². The molecule has 0 N–H and O–H groups in total. The van der Waals surface area contributed by atoms with Gasteiger partial charge in [0, 0.05) is 13.3 Å². The first-order valence-corrected chi connectivity index (χ1v) is 6.60. The third-order valence-corrected chi connectivity index (χ3v) is 3.16. The van der Waals surface area contributed by atoms with E-state index >= 15 is 0 Å². The second-order valence-corrected chi connectivity index (χ2v) is 4.61. The van der Waals surface area contributed by atoms with Gasteiger partial charge in [0.1, 0.15) is 6.07 Å². The Labute approximate surface area is 103 Å². The van der Waals surface area contributed by atoms with Crippen LogP contribution in [0.3, 0.4) is 0 Å². The molecule has 98 valence electrons. The van der Waals surface area contributed by atoms with Crippen molar-refractivity contribution in [3.05, 3.63) is 0 Å². The van der Waals surface area contributed by atoms with E-state index in [2.05, 4.69) is 0 Å². The predicted molar refractivity (Wildman–Crippen MR) is 65.2 cm³/mol. The number of carbonyl (C=O) groups excluding carboxylic acids is 1. The predicted octanol–water partition coefficient (Wildman–Crippen LogP) is 2.47. The standard InChI is InChI=1S/C11H20NO4P/c1-4-6-11(3,16-17-14)7-5-10(8-12)15-9(2)13/h10H,4-7,17H2,1-3H3. The molecule has 0 rings (SSSR count). The Kier molecular flexibility index (Phi) is 7.86. The van der Waals surface area contributed by atoms with Crippen LogP contribution in [0.25, 0.3) is 0 Å². The lowest BCUT2D eigenvalue weighted by molar-refractivity contribution is -0.144. The summed E-state index contributed by atoms with van der Waals surface area (Å²) in [4.78, 5) is 10.7. The molecule has 17 heavy (non-hydrogen) atoms. The molecule has 0 heterocycles. The molecular formula is C11H20NO4P. The first-order valence-electron chi connectivity index (χ1n) is 5.65. The number of hydrogen-bond donors (Lipinski definition) is 0. The molecule has 0 aromatic carbocycles. The number of hydrogen-bond acceptors (Lipinski definition) is 5. The minimum Gasteiger partial charge on any atom is -0.447 e. The maximum atomic E-state index is 10.7. The van der Waals surface area contributed by atoms with Crippen molar-refractivity contribution in [2.24, 2.45) is 0 Å². The van der Waals surface area contributed by atoms with Crippen LogP contribution in [0, 0.1) is 11.3 Å². The van der Waals surface area contributed by atoms with Crippen LogP contribution in [-0.2, 0) is 18.6 Å². The van der Waals surface area contributed by atoms with Gasteiger partial charge in [-0.1, -0.05) is 13.3 Å². The van der Waals surface area contributed by atoms with E-state index in [0.717, 1.165) is 12.8 Å². The molecule has 0 spiro atoms. The largest absolute Gasteiger partial charge is 0.447 e. The second kappa shape index (κ2) is 8.27. The van der Waals surface area contributed by atoms with E-state index in [4.69, 9.17) is 14.5 Å². The normalized spacial score (nSPS) is 16.4. The van der Waals surface area contributed by atoms with Gasteiger partial charge in [-0.25, -0.2) is 0 Å². The third kappa shape index (κ3) is 7.14. The lowest BCUT2D eigenvalue weighted by Gasteiger charge is -2.27. The highest BCUT2D eigenvalue weighted by molar-refractivity contribution is 7.17. The van der Waals surface area contributed by atoms with Crippen LogP contribution in [0.5, 0.6) is 0 Å². The molecule has 3 unspecified atom stereocenters. The zero-order valence-corrected chi connectivity index (χ0v) is 11.7. The van der Waals surface area contributed by atoms with E-state index in [1.807, 2.05) is 19.9 Å². The molecule has 0 radical (unpaired) electrons. The van der Waals surface area contributed by atoms with Crippen LogP contribution in [0.15, 0.2) is 0 Å². The van der Waals surface area contributed by atoms with Crippen molar-refractivity contribution >= 4 is 14.7 Å². The van der Waals surface area contributed by atoms with Crippen molar-refractivity contribution in [2.45, 2.75) is 58.2 Å². The van der Waals surface area contributed by atoms with Gasteiger partial charge in [0.15, 0.2) is 14.8 Å². The molecule has 0 aliphatic rings. The van der Waals surface area contributed by atoms with Gasteiger partial charge in [-0.05, 0) is 19.8 Å². The molecule has 0 saturated carbocycles. The van der Waals surface area contributed by atoms with Gasteiger partial charge < -0.3 is 9.26 Å². The summed E-state index contributed by atoms with van der Waals surface area (Å²) in [6, 6.07) is 1.92. The molecular weight excluding hydrogens is 241 g/mol. The SMILES string of the molecule is CCCC(C)(CCC(C#N)OC(C)=O)O[PH2]=O. The van der Waals surface area contributed by atoms with Gasteiger partial charge in [-0.2, -0.15) is 5.26 Å². The fraction of sp³-hybridized carbons (Fsp3) is 0.818. The molecule has 0 bridgehead atoms. The summed E-state index contributed by atoms with van der Waals surface area (Å²) in [5.74, 6) is -0.468. The van der Waals surface area contributed by atoms with Gasteiger partial charge in [0.2, 0.25) is 0 Å². The van der Waals surface area contributed by atoms with Crippen LogP contribution in [-0.4, -0.2) is 17.7 Å². The average Bonchev–Trinajstić information content (AvgIpc) is 2.24. The average molecular weight is 261 g/mol. The van der Waals surface area contributed by atoms with Gasteiger partial charge in [0.25, 0.3) is 0 Å². The molecule has 0 aliphatic heterocycles. The highest BCUT2D eigenvalue weighted by Crippen LogP contribution is 2.28. The van der Waals surface area contributed by atoms with Crippen LogP contribution in [0.4, 0.5) is 0 Å². The number of ether oxygens (including phenoxy) is 1. The van der Waals surface area contributed by atoms with Gasteiger partial charge in [0.05, 0.1) is 5.60 Å². The summed E-state index contributed by atoms with van der Waals surface area (Å²) < 4.78 is 20.7. The minimum absolute atomic E-state index is 0.395. The number of carbonyl (C=O) groups is 1. The molecule has 0 amide bonds. The molecule has 0 aliphatic carbocycles. The first kappa shape index (κ1) is 16.1. The zero-order valence-electron chi connectivity index (χ0n) is 10.6. The summed E-state index contributed by atoms with van der Waals surface area (Å²) >= 11 is 0. The quantitative estimate of drug-likeness (QED) is 0.495. The third-order valence-electron chi connectivity index (χ3n) is 2.50. The van der Waals surface area contributed by atoms with Gasteiger partial charge in [-0.15, -0.1) is 0 Å². The lowest BCUT2D eigenvalue weighted by Crippen LogP contribution is -2.27. The molecule has 0 fully saturated rings. The Balaban J connectivity index is 4.32. The van der Waals surface area contributed by atoms with Crippen molar-refractivity contribution < 1.29 is 18.6 Å². The monoisotopic (exact) mass is 261 g/mol. The summed E-state index contributed by atoms with van der Waals surface area (Å²) in [5.41, 5.74) is -0.499. The van der Waals surface area contributed by atoms with E-state index < -0.39 is 26.4 Å². The van der Waals surface area contributed by atoms with E-state index in [0.29, 0.717) is 12.8 Å². The number of rotatable bonds is 8. The van der Waals surface area contributed by atoms with Crippen molar-refractivity contribution in [1.29, 1.82) is 5.26 Å². The van der Waals surface area contributed by atoms with Crippen LogP contribution < -0.4 is 0 Å². The minimum atomic E-state index is -1.27. The molecule has 3 atom stereocenters. The van der Waals surface area contributed by atoms with E-state index in [1.165, 1.54) is 6.92 Å². The lowest BCUT2D eigenvalue weighted by atomic mass is 9.93. The molecule has 0 aromatic heterocycles. The van der Waals surface area contributed by atoms with Crippen molar-refractivity contribution in [3.63, 3.8) is 0 Å². The fourth-order valence-corrected chi connectivity index (χ4v) is 2.14. The maximum Gasteiger partial charge on any atom is 0.303 e.